The number of guanidine groups is 1. The third-order valence-corrected chi connectivity index (χ3v) is 4.07. The highest BCUT2D eigenvalue weighted by Crippen LogP contribution is 2.21. The van der Waals surface area contributed by atoms with Crippen LogP contribution in [0.4, 0.5) is 0 Å². The Bertz CT molecular complexity index is 334. The number of hydrogen-bond donors (Lipinski definition) is 2. The van der Waals surface area contributed by atoms with E-state index in [1.54, 1.807) is 0 Å². The fourth-order valence-corrected chi connectivity index (χ4v) is 2.52. The first kappa shape index (κ1) is 20.2. The van der Waals surface area contributed by atoms with Crippen molar-refractivity contribution in [3.63, 3.8) is 0 Å². The third-order valence-electron chi connectivity index (χ3n) is 4.07. The molecule has 5 heteroatoms. The molecule has 1 fully saturated rings. The van der Waals surface area contributed by atoms with Gasteiger partial charge in [-0.25, -0.2) is 0 Å². The van der Waals surface area contributed by atoms with E-state index >= 15 is 0 Å². The van der Waals surface area contributed by atoms with Crippen LogP contribution in [0, 0.1) is 5.41 Å². The van der Waals surface area contributed by atoms with E-state index in [1.807, 2.05) is 7.05 Å². The lowest BCUT2D eigenvalue weighted by Crippen LogP contribution is -2.43. The maximum Gasteiger partial charge on any atom is 0.191 e. The van der Waals surface area contributed by atoms with E-state index in [2.05, 4.69) is 43.3 Å². The largest absolute Gasteiger partial charge is 0.381 e. The molecule has 5 nitrogen and oxygen atoms in total. The van der Waals surface area contributed by atoms with Gasteiger partial charge in [0.2, 0.25) is 0 Å². The highest BCUT2D eigenvalue weighted by molar-refractivity contribution is 5.79. The molecule has 0 bridgehead atoms. The van der Waals surface area contributed by atoms with E-state index in [0.717, 1.165) is 58.0 Å². The lowest BCUT2D eigenvalue weighted by atomic mass is 9.89. The maximum absolute atomic E-state index is 5.88. The summed E-state index contributed by atoms with van der Waals surface area (Å²) in [5, 5.41) is 6.83. The van der Waals surface area contributed by atoms with Gasteiger partial charge in [-0.3, -0.25) is 4.99 Å². The van der Waals surface area contributed by atoms with Gasteiger partial charge < -0.3 is 20.1 Å². The van der Waals surface area contributed by atoms with E-state index in [-0.39, 0.29) is 0 Å². The van der Waals surface area contributed by atoms with Crippen LogP contribution in [0.1, 0.15) is 59.8 Å². The van der Waals surface area contributed by atoms with Gasteiger partial charge in [0.1, 0.15) is 0 Å². The average Bonchev–Trinajstić information content (AvgIpc) is 2.52. The van der Waals surface area contributed by atoms with Crippen molar-refractivity contribution >= 4 is 5.96 Å². The number of aliphatic imine (C=N–C) groups is 1. The van der Waals surface area contributed by atoms with Gasteiger partial charge in [0.25, 0.3) is 0 Å². The summed E-state index contributed by atoms with van der Waals surface area (Å²) in [6.07, 6.45) is 5.80. The van der Waals surface area contributed by atoms with Crippen molar-refractivity contribution in [1.29, 1.82) is 0 Å². The fourth-order valence-electron chi connectivity index (χ4n) is 2.52. The second-order valence-electron chi connectivity index (χ2n) is 7.68. The van der Waals surface area contributed by atoms with Crippen molar-refractivity contribution in [1.82, 2.24) is 10.6 Å². The van der Waals surface area contributed by atoms with E-state index < -0.39 is 0 Å². The minimum Gasteiger partial charge on any atom is -0.381 e. The van der Waals surface area contributed by atoms with Crippen LogP contribution in [0.5, 0.6) is 0 Å². The molecule has 0 aromatic rings. The van der Waals surface area contributed by atoms with Crippen molar-refractivity contribution in [2.75, 3.05) is 33.4 Å². The Hall–Kier alpha value is -0.810. The minimum atomic E-state index is 0.383. The maximum atomic E-state index is 5.88. The standard InChI is InChI=1S/C18H37N3O2/c1-15(7-10-18(2,3)4)21-17(19-5)20-11-6-12-23-16-8-13-22-14-9-16/h15-16H,6-14H2,1-5H3,(H2,19,20,21). The Morgan fingerprint density at radius 1 is 1.30 bits per heavy atom. The van der Waals surface area contributed by atoms with Crippen LogP contribution in [0.25, 0.3) is 0 Å². The van der Waals surface area contributed by atoms with Gasteiger partial charge in [0, 0.05) is 39.5 Å². The van der Waals surface area contributed by atoms with Crippen molar-refractivity contribution in [3.8, 4) is 0 Å². The molecule has 1 atom stereocenters. The first-order valence-corrected chi connectivity index (χ1v) is 9.07. The van der Waals surface area contributed by atoms with E-state index in [1.165, 1.54) is 6.42 Å². The molecule has 23 heavy (non-hydrogen) atoms. The molecular weight excluding hydrogens is 290 g/mol. The molecule has 1 heterocycles. The third kappa shape index (κ3) is 10.6. The van der Waals surface area contributed by atoms with Crippen molar-refractivity contribution in [2.45, 2.75) is 71.9 Å². The predicted molar refractivity (Wildman–Crippen MR) is 97.1 cm³/mol. The molecule has 1 aliphatic heterocycles. The number of ether oxygens (including phenoxy) is 2. The molecule has 0 radical (unpaired) electrons. The van der Waals surface area contributed by atoms with E-state index in [9.17, 15) is 0 Å². The number of nitrogens with one attached hydrogen (secondary N) is 2. The van der Waals surface area contributed by atoms with Gasteiger partial charge in [-0.15, -0.1) is 0 Å². The van der Waals surface area contributed by atoms with E-state index in [4.69, 9.17) is 9.47 Å². The highest BCUT2D eigenvalue weighted by atomic mass is 16.5. The molecule has 0 aromatic heterocycles. The molecule has 1 saturated heterocycles. The van der Waals surface area contributed by atoms with Crippen molar-refractivity contribution in [3.05, 3.63) is 0 Å². The van der Waals surface area contributed by atoms with Crippen LogP contribution in [0.3, 0.4) is 0 Å². The van der Waals surface area contributed by atoms with Gasteiger partial charge in [-0.1, -0.05) is 20.8 Å². The fraction of sp³-hybridized carbons (Fsp3) is 0.944. The monoisotopic (exact) mass is 327 g/mol. The Morgan fingerprint density at radius 2 is 2.00 bits per heavy atom. The SMILES string of the molecule is CN=C(NCCCOC1CCOCC1)NC(C)CCC(C)(C)C. The lowest BCUT2D eigenvalue weighted by Gasteiger charge is -2.23. The molecule has 0 amide bonds. The summed E-state index contributed by atoms with van der Waals surface area (Å²) < 4.78 is 11.2. The topological polar surface area (TPSA) is 54.9 Å². The zero-order valence-corrected chi connectivity index (χ0v) is 15.8. The molecule has 1 unspecified atom stereocenters. The zero-order valence-electron chi connectivity index (χ0n) is 15.8. The van der Waals surface area contributed by atoms with Crippen LogP contribution in [-0.2, 0) is 9.47 Å². The van der Waals surface area contributed by atoms with Gasteiger partial charge in [0.05, 0.1) is 6.10 Å². The second kappa shape index (κ2) is 10.9. The normalized spacial score (nSPS) is 18.7. The Morgan fingerprint density at radius 3 is 2.61 bits per heavy atom. The first-order valence-electron chi connectivity index (χ1n) is 9.07. The number of rotatable bonds is 8. The summed E-state index contributed by atoms with van der Waals surface area (Å²) in [4.78, 5) is 4.30. The second-order valence-corrected chi connectivity index (χ2v) is 7.68. The van der Waals surface area contributed by atoms with Crippen LogP contribution < -0.4 is 10.6 Å². The van der Waals surface area contributed by atoms with Crippen LogP contribution in [0.2, 0.25) is 0 Å². The molecular formula is C18H37N3O2. The highest BCUT2D eigenvalue weighted by Gasteiger charge is 2.14. The molecule has 0 saturated carbocycles. The summed E-state index contributed by atoms with van der Waals surface area (Å²) in [5.74, 6) is 0.887. The quantitative estimate of drug-likeness (QED) is 0.409. The Balaban J connectivity index is 2.08. The van der Waals surface area contributed by atoms with Gasteiger partial charge in [-0.05, 0) is 44.4 Å². The Labute approximate surface area is 142 Å². The lowest BCUT2D eigenvalue weighted by molar-refractivity contribution is -0.0320. The van der Waals surface area contributed by atoms with Crippen LogP contribution in [0.15, 0.2) is 4.99 Å². The summed E-state index contributed by atoms with van der Waals surface area (Å²) in [7, 11) is 1.82. The summed E-state index contributed by atoms with van der Waals surface area (Å²) in [6, 6.07) is 0.430. The van der Waals surface area contributed by atoms with Gasteiger partial charge >= 0.3 is 0 Å². The number of hydrogen-bond acceptors (Lipinski definition) is 3. The zero-order chi connectivity index (χ0) is 17.1. The smallest absolute Gasteiger partial charge is 0.191 e. The minimum absolute atomic E-state index is 0.383. The molecule has 0 aliphatic carbocycles. The van der Waals surface area contributed by atoms with Crippen molar-refractivity contribution < 1.29 is 9.47 Å². The van der Waals surface area contributed by atoms with Gasteiger partial charge in [-0.2, -0.15) is 0 Å². The molecule has 0 aromatic carbocycles. The van der Waals surface area contributed by atoms with Crippen molar-refractivity contribution in [2.24, 2.45) is 10.4 Å². The molecule has 136 valence electrons. The average molecular weight is 328 g/mol. The predicted octanol–water partition coefficient (Wildman–Crippen LogP) is 2.95. The summed E-state index contributed by atoms with van der Waals surface area (Å²) in [5.41, 5.74) is 0.383. The summed E-state index contributed by atoms with van der Waals surface area (Å²) in [6.45, 7) is 12.4. The molecule has 0 spiro atoms. The molecule has 1 aliphatic rings. The summed E-state index contributed by atoms with van der Waals surface area (Å²) >= 11 is 0. The number of nitrogens with zero attached hydrogens (tertiary/aromatic N) is 1. The first-order chi connectivity index (χ1) is 10.9. The van der Waals surface area contributed by atoms with Gasteiger partial charge in [0.15, 0.2) is 5.96 Å². The Kier molecular flexibility index (Phi) is 9.56. The van der Waals surface area contributed by atoms with Crippen LogP contribution in [-0.4, -0.2) is 51.5 Å². The van der Waals surface area contributed by atoms with Crippen LogP contribution >= 0.6 is 0 Å². The molecule has 1 rings (SSSR count). The van der Waals surface area contributed by atoms with E-state index in [0.29, 0.717) is 17.6 Å². The molecule has 2 N–H and O–H groups in total.